The standard InChI is InChI=1S/C15H13BrClNO2S/c1-21-11-5-2-9(3-6-11)14(15(19)20)18-10-4-7-13(17)12(16)8-10/h2-8,14,18H,1H3,(H,19,20). The van der Waals surface area contributed by atoms with Crippen molar-refractivity contribution in [2.45, 2.75) is 10.9 Å². The summed E-state index contributed by atoms with van der Waals surface area (Å²) in [6.07, 6.45) is 1.98. The van der Waals surface area contributed by atoms with Gasteiger partial charge in [-0.15, -0.1) is 11.8 Å². The highest BCUT2D eigenvalue weighted by molar-refractivity contribution is 9.10. The van der Waals surface area contributed by atoms with Crippen LogP contribution in [0, 0.1) is 0 Å². The third-order valence-corrected chi connectivity index (χ3v) is 4.88. The van der Waals surface area contributed by atoms with E-state index in [0.29, 0.717) is 16.3 Å². The SMILES string of the molecule is CSc1ccc(C(Nc2ccc(Cl)c(Br)c2)C(=O)O)cc1. The fourth-order valence-electron chi connectivity index (χ4n) is 1.84. The molecule has 0 aliphatic carbocycles. The van der Waals surface area contributed by atoms with Crippen LogP contribution in [0.1, 0.15) is 11.6 Å². The third-order valence-electron chi connectivity index (χ3n) is 2.93. The number of benzene rings is 2. The molecule has 2 aromatic carbocycles. The molecule has 0 heterocycles. The van der Waals surface area contributed by atoms with Crippen molar-refractivity contribution in [3.8, 4) is 0 Å². The molecule has 0 aliphatic rings. The molecule has 0 radical (unpaired) electrons. The van der Waals surface area contributed by atoms with E-state index < -0.39 is 12.0 Å². The monoisotopic (exact) mass is 385 g/mol. The van der Waals surface area contributed by atoms with Gasteiger partial charge in [0.15, 0.2) is 6.04 Å². The van der Waals surface area contributed by atoms with E-state index >= 15 is 0 Å². The Balaban J connectivity index is 2.26. The highest BCUT2D eigenvalue weighted by Gasteiger charge is 2.19. The lowest BCUT2D eigenvalue weighted by atomic mass is 10.1. The molecule has 0 aromatic heterocycles. The van der Waals surface area contributed by atoms with Crippen LogP contribution in [0.25, 0.3) is 0 Å². The van der Waals surface area contributed by atoms with Crippen LogP contribution in [0.3, 0.4) is 0 Å². The smallest absolute Gasteiger partial charge is 0.330 e. The number of hydrogen-bond donors (Lipinski definition) is 2. The van der Waals surface area contributed by atoms with Crippen LogP contribution < -0.4 is 5.32 Å². The third kappa shape index (κ3) is 4.15. The van der Waals surface area contributed by atoms with E-state index in [4.69, 9.17) is 11.6 Å². The number of hydrogen-bond acceptors (Lipinski definition) is 3. The van der Waals surface area contributed by atoms with Crippen molar-refractivity contribution in [2.24, 2.45) is 0 Å². The van der Waals surface area contributed by atoms with E-state index in [1.54, 1.807) is 30.0 Å². The number of rotatable bonds is 5. The molecule has 6 heteroatoms. The topological polar surface area (TPSA) is 49.3 Å². The summed E-state index contributed by atoms with van der Waals surface area (Å²) in [5.41, 5.74) is 1.39. The number of carboxylic acid groups (broad SMARTS) is 1. The first-order valence-corrected chi connectivity index (χ1v) is 8.49. The predicted molar refractivity (Wildman–Crippen MR) is 91.4 cm³/mol. The maximum absolute atomic E-state index is 11.5. The van der Waals surface area contributed by atoms with Gasteiger partial charge in [-0.25, -0.2) is 4.79 Å². The van der Waals surface area contributed by atoms with Crippen molar-refractivity contribution < 1.29 is 9.90 Å². The predicted octanol–water partition coefficient (Wildman–Crippen LogP) is 5.06. The summed E-state index contributed by atoms with van der Waals surface area (Å²) in [4.78, 5) is 12.6. The number of anilines is 1. The highest BCUT2D eigenvalue weighted by atomic mass is 79.9. The molecule has 0 spiro atoms. The Hall–Kier alpha value is -1.17. The van der Waals surface area contributed by atoms with E-state index in [2.05, 4.69) is 21.2 Å². The number of aliphatic carboxylic acids is 1. The first-order valence-electron chi connectivity index (χ1n) is 6.09. The van der Waals surface area contributed by atoms with Gasteiger partial charge < -0.3 is 10.4 Å². The summed E-state index contributed by atoms with van der Waals surface area (Å²) in [5.74, 6) is -0.932. The second kappa shape index (κ2) is 7.20. The molecular weight excluding hydrogens is 374 g/mol. The molecule has 1 unspecified atom stereocenters. The Morgan fingerprint density at radius 2 is 1.95 bits per heavy atom. The first kappa shape index (κ1) is 16.2. The number of carboxylic acids is 1. The summed E-state index contributed by atoms with van der Waals surface area (Å²) in [7, 11) is 0. The van der Waals surface area contributed by atoms with Crippen LogP contribution in [0.5, 0.6) is 0 Å². The summed E-state index contributed by atoms with van der Waals surface area (Å²) in [6.45, 7) is 0. The van der Waals surface area contributed by atoms with Crippen LogP contribution in [0.15, 0.2) is 51.8 Å². The molecule has 0 bridgehead atoms. The van der Waals surface area contributed by atoms with Crippen molar-refractivity contribution in [1.29, 1.82) is 0 Å². The maximum Gasteiger partial charge on any atom is 0.330 e. The Morgan fingerprint density at radius 1 is 1.29 bits per heavy atom. The Kier molecular flexibility index (Phi) is 5.56. The average molecular weight is 387 g/mol. The van der Waals surface area contributed by atoms with Gasteiger partial charge in [-0.1, -0.05) is 23.7 Å². The highest BCUT2D eigenvalue weighted by Crippen LogP contribution is 2.28. The van der Waals surface area contributed by atoms with Gasteiger partial charge in [-0.3, -0.25) is 0 Å². The molecular formula is C15H13BrClNO2S. The molecule has 2 aromatic rings. The lowest BCUT2D eigenvalue weighted by molar-refractivity contribution is -0.138. The fraction of sp³-hybridized carbons (Fsp3) is 0.133. The van der Waals surface area contributed by atoms with E-state index in [-0.39, 0.29) is 0 Å². The number of carbonyl (C=O) groups is 1. The molecule has 0 aliphatic heterocycles. The molecule has 21 heavy (non-hydrogen) atoms. The van der Waals surface area contributed by atoms with Crippen LogP contribution in [-0.4, -0.2) is 17.3 Å². The second-order valence-electron chi connectivity index (χ2n) is 4.32. The molecule has 0 fully saturated rings. The van der Waals surface area contributed by atoms with Crippen LogP contribution in [0.4, 0.5) is 5.69 Å². The molecule has 0 saturated heterocycles. The normalized spacial score (nSPS) is 12.0. The molecule has 0 amide bonds. The molecule has 1 atom stereocenters. The van der Waals surface area contributed by atoms with Gasteiger partial charge in [0.2, 0.25) is 0 Å². The van der Waals surface area contributed by atoms with Crippen molar-refractivity contribution in [1.82, 2.24) is 0 Å². The molecule has 3 nitrogen and oxygen atoms in total. The average Bonchev–Trinajstić information content (AvgIpc) is 2.48. The quantitative estimate of drug-likeness (QED) is 0.705. The number of nitrogens with one attached hydrogen (secondary N) is 1. The van der Waals surface area contributed by atoms with Gasteiger partial charge in [0, 0.05) is 15.1 Å². The second-order valence-corrected chi connectivity index (χ2v) is 6.46. The minimum Gasteiger partial charge on any atom is -0.479 e. The van der Waals surface area contributed by atoms with Gasteiger partial charge in [0.05, 0.1) is 5.02 Å². The minimum atomic E-state index is -0.932. The summed E-state index contributed by atoms with van der Waals surface area (Å²) < 4.78 is 0.719. The summed E-state index contributed by atoms with van der Waals surface area (Å²) >= 11 is 10.9. The summed E-state index contributed by atoms with van der Waals surface area (Å²) in [6, 6.07) is 11.9. The van der Waals surface area contributed by atoms with Crippen LogP contribution in [-0.2, 0) is 4.79 Å². The Bertz CT molecular complexity index is 649. The minimum absolute atomic E-state index is 0.580. The van der Waals surface area contributed by atoms with Crippen LogP contribution in [0.2, 0.25) is 5.02 Å². The summed E-state index contributed by atoms with van der Waals surface area (Å²) in [5, 5.41) is 13.0. The largest absolute Gasteiger partial charge is 0.479 e. The van der Waals surface area contributed by atoms with E-state index in [1.165, 1.54) is 0 Å². The first-order chi connectivity index (χ1) is 10.0. The zero-order chi connectivity index (χ0) is 15.4. The van der Waals surface area contributed by atoms with E-state index in [9.17, 15) is 9.90 Å². The van der Waals surface area contributed by atoms with Crippen molar-refractivity contribution in [3.63, 3.8) is 0 Å². The molecule has 110 valence electrons. The van der Waals surface area contributed by atoms with Gasteiger partial charge in [-0.05, 0) is 58.1 Å². The molecule has 2 rings (SSSR count). The Morgan fingerprint density at radius 3 is 2.48 bits per heavy atom. The maximum atomic E-state index is 11.5. The van der Waals surface area contributed by atoms with Gasteiger partial charge in [-0.2, -0.15) is 0 Å². The Labute approximate surface area is 140 Å². The lowest BCUT2D eigenvalue weighted by Crippen LogP contribution is -2.20. The zero-order valence-corrected chi connectivity index (χ0v) is 14.3. The van der Waals surface area contributed by atoms with Crippen LogP contribution >= 0.6 is 39.3 Å². The van der Waals surface area contributed by atoms with Crippen molar-refractivity contribution >= 4 is 50.9 Å². The van der Waals surface area contributed by atoms with Gasteiger partial charge in [0.1, 0.15) is 0 Å². The zero-order valence-electron chi connectivity index (χ0n) is 11.1. The van der Waals surface area contributed by atoms with E-state index in [0.717, 1.165) is 9.37 Å². The van der Waals surface area contributed by atoms with Crippen molar-refractivity contribution in [3.05, 3.63) is 57.5 Å². The molecule has 2 N–H and O–H groups in total. The fourth-order valence-corrected chi connectivity index (χ4v) is 2.74. The van der Waals surface area contributed by atoms with Gasteiger partial charge >= 0.3 is 5.97 Å². The molecule has 0 saturated carbocycles. The lowest BCUT2D eigenvalue weighted by Gasteiger charge is -2.17. The van der Waals surface area contributed by atoms with Gasteiger partial charge in [0.25, 0.3) is 0 Å². The number of thioether (sulfide) groups is 1. The number of halogens is 2. The van der Waals surface area contributed by atoms with Crippen molar-refractivity contribution in [2.75, 3.05) is 11.6 Å². The van der Waals surface area contributed by atoms with E-state index in [1.807, 2.05) is 30.5 Å².